The lowest BCUT2D eigenvalue weighted by Gasteiger charge is -2.32. The second kappa shape index (κ2) is 8.39. The van der Waals surface area contributed by atoms with Gasteiger partial charge in [-0.25, -0.2) is 9.07 Å². The lowest BCUT2D eigenvalue weighted by molar-refractivity contribution is -0.135. The molecule has 3 rings (SSSR count). The molecule has 0 atom stereocenters. The zero-order valence-electron chi connectivity index (χ0n) is 14.7. The van der Waals surface area contributed by atoms with E-state index in [9.17, 15) is 14.0 Å². The van der Waals surface area contributed by atoms with Gasteiger partial charge in [0.05, 0.1) is 11.2 Å². The predicted octanol–water partition coefficient (Wildman–Crippen LogP) is 2.02. The molecular formula is C18H19ClFN3O4. The quantitative estimate of drug-likeness (QED) is 0.774. The number of halogens is 2. The molecule has 27 heavy (non-hydrogen) atoms. The molecule has 1 aliphatic heterocycles. The molecule has 0 aliphatic carbocycles. The molecule has 2 heterocycles. The largest absolute Gasteiger partial charge is 0.489 e. The van der Waals surface area contributed by atoms with Crippen LogP contribution in [0.2, 0.25) is 5.02 Å². The molecule has 0 saturated carbocycles. The van der Waals surface area contributed by atoms with Crippen LogP contribution in [0.25, 0.3) is 0 Å². The molecular weight excluding hydrogens is 377 g/mol. The van der Waals surface area contributed by atoms with Crippen LogP contribution in [0.15, 0.2) is 35.3 Å². The summed E-state index contributed by atoms with van der Waals surface area (Å²) in [7, 11) is 1.51. The van der Waals surface area contributed by atoms with Crippen molar-refractivity contribution in [3.8, 4) is 11.5 Å². The standard InChI is InChI=1S/C18H19ClFN3O4/c1-22-18(25)16(4-7-21-22)26-11-17(24)23-8-5-13(6-9-23)27-15-3-2-12(20)10-14(15)19/h2-4,7,10,13H,5-6,8-9,11H2,1H3. The average Bonchev–Trinajstić information content (AvgIpc) is 2.65. The maximum Gasteiger partial charge on any atom is 0.308 e. The number of benzene rings is 1. The maximum absolute atomic E-state index is 13.1. The fraction of sp³-hybridized carbons (Fsp3) is 0.389. The molecule has 0 unspecified atom stereocenters. The highest BCUT2D eigenvalue weighted by atomic mass is 35.5. The molecule has 1 saturated heterocycles. The van der Waals surface area contributed by atoms with Crippen LogP contribution < -0.4 is 15.0 Å². The molecule has 0 bridgehead atoms. The van der Waals surface area contributed by atoms with E-state index in [1.165, 1.54) is 37.5 Å². The summed E-state index contributed by atoms with van der Waals surface area (Å²) in [6, 6.07) is 5.43. The summed E-state index contributed by atoms with van der Waals surface area (Å²) in [6.45, 7) is 0.786. The van der Waals surface area contributed by atoms with Crippen LogP contribution >= 0.6 is 11.6 Å². The van der Waals surface area contributed by atoms with Crippen molar-refractivity contribution in [2.45, 2.75) is 18.9 Å². The number of hydrogen-bond donors (Lipinski definition) is 0. The second-order valence-corrected chi connectivity index (χ2v) is 6.59. The molecule has 144 valence electrons. The summed E-state index contributed by atoms with van der Waals surface area (Å²) in [5, 5.41) is 4.02. The Hall–Kier alpha value is -2.61. The number of aryl methyl sites for hydroxylation is 1. The lowest BCUT2D eigenvalue weighted by atomic mass is 10.1. The third kappa shape index (κ3) is 4.77. The SMILES string of the molecule is Cn1nccc(OCC(=O)N2CCC(Oc3ccc(F)cc3Cl)CC2)c1=O. The zero-order valence-corrected chi connectivity index (χ0v) is 15.5. The van der Waals surface area contributed by atoms with Gasteiger partial charge in [-0.05, 0) is 18.2 Å². The number of amides is 1. The van der Waals surface area contributed by atoms with Gasteiger partial charge in [0.2, 0.25) is 0 Å². The number of ether oxygens (including phenoxy) is 2. The third-order valence-electron chi connectivity index (χ3n) is 4.30. The van der Waals surface area contributed by atoms with E-state index in [1.54, 1.807) is 4.90 Å². The number of likely N-dealkylation sites (tertiary alicyclic amines) is 1. The number of piperidine rings is 1. The smallest absolute Gasteiger partial charge is 0.308 e. The van der Waals surface area contributed by atoms with Crippen molar-refractivity contribution in [1.29, 1.82) is 0 Å². The van der Waals surface area contributed by atoms with E-state index in [2.05, 4.69) is 5.10 Å². The van der Waals surface area contributed by atoms with Gasteiger partial charge in [-0.1, -0.05) is 11.6 Å². The average molecular weight is 396 g/mol. The number of hydrogen-bond acceptors (Lipinski definition) is 5. The van der Waals surface area contributed by atoms with Crippen molar-refractivity contribution in [3.05, 3.63) is 51.7 Å². The van der Waals surface area contributed by atoms with E-state index in [-0.39, 0.29) is 29.4 Å². The Morgan fingerprint density at radius 1 is 1.30 bits per heavy atom. The summed E-state index contributed by atoms with van der Waals surface area (Å²) in [6.07, 6.45) is 2.57. The molecule has 7 nitrogen and oxygen atoms in total. The summed E-state index contributed by atoms with van der Waals surface area (Å²) < 4.78 is 25.4. The molecule has 1 fully saturated rings. The Labute approximate surface area is 160 Å². The molecule has 0 radical (unpaired) electrons. The van der Waals surface area contributed by atoms with Gasteiger partial charge in [-0.15, -0.1) is 0 Å². The van der Waals surface area contributed by atoms with Crippen LogP contribution in [0.1, 0.15) is 12.8 Å². The van der Waals surface area contributed by atoms with Crippen molar-refractivity contribution >= 4 is 17.5 Å². The molecule has 1 aromatic carbocycles. The molecule has 9 heteroatoms. The van der Waals surface area contributed by atoms with Gasteiger partial charge in [0, 0.05) is 39.0 Å². The second-order valence-electron chi connectivity index (χ2n) is 6.19. The fourth-order valence-corrected chi connectivity index (χ4v) is 3.01. The third-order valence-corrected chi connectivity index (χ3v) is 4.60. The Bertz CT molecular complexity index is 881. The van der Waals surface area contributed by atoms with E-state index in [0.29, 0.717) is 31.7 Å². The summed E-state index contributed by atoms with van der Waals surface area (Å²) in [5.74, 6) is -0.103. The first-order valence-corrected chi connectivity index (χ1v) is 8.86. The predicted molar refractivity (Wildman–Crippen MR) is 96.6 cm³/mol. The first kappa shape index (κ1) is 19.2. The van der Waals surface area contributed by atoms with Crippen LogP contribution in [0, 0.1) is 5.82 Å². The highest BCUT2D eigenvalue weighted by Gasteiger charge is 2.25. The maximum atomic E-state index is 13.1. The fourth-order valence-electron chi connectivity index (χ4n) is 2.80. The molecule has 0 spiro atoms. The van der Waals surface area contributed by atoms with E-state index in [4.69, 9.17) is 21.1 Å². The Morgan fingerprint density at radius 3 is 2.74 bits per heavy atom. The number of carbonyl (C=O) groups excluding carboxylic acids is 1. The number of nitrogens with zero attached hydrogens (tertiary/aromatic N) is 3. The Kier molecular flexibility index (Phi) is 5.95. The normalized spacial score (nSPS) is 14.9. The van der Waals surface area contributed by atoms with Crippen LogP contribution in [0.3, 0.4) is 0 Å². The van der Waals surface area contributed by atoms with Gasteiger partial charge in [-0.3, -0.25) is 9.59 Å². The van der Waals surface area contributed by atoms with Crippen LogP contribution in [-0.2, 0) is 11.8 Å². The van der Waals surface area contributed by atoms with Crippen molar-refractivity contribution in [2.24, 2.45) is 7.05 Å². The molecule has 1 aromatic heterocycles. The van der Waals surface area contributed by atoms with Crippen molar-refractivity contribution in [3.63, 3.8) is 0 Å². The number of aromatic nitrogens is 2. The summed E-state index contributed by atoms with van der Waals surface area (Å²) >= 11 is 5.97. The van der Waals surface area contributed by atoms with Gasteiger partial charge in [0.1, 0.15) is 17.7 Å². The van der Waals surface area contributed by atoms with E-state index >= 15 is 0 Å². The highest BCUT2D eigenvalue weighted by Crippen LogP contribution is 2.28. The van der Waals surface area contributed by atoms with Crippen LogP contribution in [0.5, 0.6) is 11.5 Å². The minimum absolute atomic E-state index is 0.0880. The Morgan fingerprint density at radius 2 is 2.04 bits per heavy atom. The van der Waals surface area contributed by atoms with Crippen molar-refractivity contribution in [2.75, 3.05) is 19.7 Å². The molecule has 0 N–H and O–H groups in total. The molecule has 2 aromatic rings. The molecule has 1 aliphatic rings. The van der Waals surface area contributed by atoms with E-state index < -0.39 is 11.4 Å². The highest BCUT2D eigenvalue weighted by molar-refractivity contribution is 6.32. The summed E-state index contributed by atoms with van der Waals surface area (Å²) in [4.78, 5) is 25.8. The Balaban J connectivity index is 1.49. The minimum Gasteiger partial charge on any atom is -0.489 e. The minimum atomic E-state index is -0.420. The van der Waals surface area contributed by atoms with E-state index in [0.717, 1.165) is 4.68 Å². The van der Waals surface area contributed by atoms with Gasteiger partial charge >= 0.3 is 5.56 Å². The first-order chi connectivity index (χ1) is 12.9. The van der Waals surface area contributed by atoms with Crippen LogP contribution in [0.4, 0.5) is 4.39 Å². The van der Waals surface area contributed by atoms with Gasteiger partial charge in [-0.2, -0.15) is 5.10 Å². The van der Waals surface area contributed by atoms with Gasteiger partial charge < -0.3 is 14.4 Å². The first-order valence-electron chi connectivity index (χ1n) is 8.48. The molecule has 1 amide bonds. The monoisotopic (exact) mass is 395 g/mol. The lowest BCUT2D eigenvalue weighted by Crippen LogP contribution is -2.44. The van der Waals surface area contributed by atoms with Gasteiger partial charge in [0.15, 0.2) is 12.4 Å². The summed E-state index contributed by atoms with van der Waals surface area (Å²) in [5.41, 5.74) is -0.395. The topological polar surface area (TPSA) is 73.7 Å². The number of carbonyl (C=O) groups is 1. The van der Waals surface area contributed by atoms with Crippen LogP contribution in [-0.4, -0.2) is 46.4 Å². The number of rotatable bonds is 5. The van der Waals surface area contributed by atoms with Crippen molar-refractivity contribution < 1.29 is 18.7 Å². The van der Waals surface area contributed by atoms with Crippen molar-refractivity contribution in [1.82, 2.24) is 14.7 Å². The van der Waals surface area contributed by atoms with Gasteiger partial charge in [0.25, 0.3) is 5.91 Å². The zero-order chi connectivity index (χ0) is 19.4. The van der Waals surface area contributed by atoms with E-state index in [1.807, 2.05) is 0 Å².